The molecule has 0 saturated heterocycles. The predicted molar refractivity (Wildman–Crippen MR) is 77.8 cm³/mol. The van der Waals surface area contributed by atoms with Gasteiger partial charge >= 0.3 is 6.03 Å². The smallest absolute Gasteiger partial charge is 0.319 e. The van der Waals surface area contributed by atoms with E-state index in [4.69, 9.17) is 16.0 Å². The van der Waals surface area contributed by atoms with Gasteiger partial charge in [0.05, 0.1) is 6.61 Å². The van der Waals surface area contributed by atoms with Crippen molar-refractivity contribution < 1.29 is 9.22 Å². The quantitative estimate of drug-likeness (QED) is 0.644. The van der Waals surface area contributed by atoms with Crippen LogP contribution in [0.25, 0.3) is 0 Å². The van der Waals surface area contributed by atoms with Crippen LogP contribution in [-0.4, -0.2) is 27.5 Å². The van der Waals surface area contributed by atoms with Crippen LogP contribution in [0.2, 0.25) is 24.7 Å². The summed E-state index contributed by atoms with van der Waals surface area (Å²) in [6, 6.07) is 6.76. The third kappa shape index (κ3) is 6.63. The van der Waals surface area contributed by atoms with Crippen molar-refractivity contribution in [1.29, 1.82) is 0 Å². The van der Waals surface area contributed by atoms with Crippen LogP contribution in [0.1, 0.15) is 0 Å². The Labute approximate surface area is 114 Å². The van der Waals surface area contributed by atoms with Gasteiger partial charge in [0.15, 0.2) is 8.32 Å². The predicted octanol–water partition coefficient (Wildman–Crippen LogP) is 3.31. The van der Waals surface area contributed by atoms with Gasteiger partial charge in [0, 0.05) is 17.3 Å². The first kappa shape index (κ1) is 15.0. The maximum absolute atomic E-state index is 11.5. The number of benzene rings is 1. The lowest BCUT2D eigenvalue weighted by Crippen LogP contribution is -2.35. The van der Waals surface area contributed by atoms with Crippen LogP contribution < -0.4 is 10.6 Å². The third-order valence-corrected chi connectivity index (χ3v) is 3.31. The van der Waals surface area contributed by atoms with Gasteiger partial charge in [-0.2, -0.15) is 0 Å². The highest BCUT2D eigenvalue weighted by Gasteiger charge is 2.13. The van der Waals surface area contributed by atoms with E-state index in [9.17, 15) is 4.79 Å². The highest BCUT2D eigenvalue weighted by atomic mass is 35.5. The van der Waals surface area contributed by atoms with Crippen molar-refractivity contribution in [2.24, 2.45) is 0 Å². The molecule has 0 aliphatic carbocycles. The van der Waals surface area contributed by atoms with Gasteiger partial charge in [-0.15, -0.1) is 0 Å². The lowest BCUT2D eigenvalue weighted by atomic mass is 10.3. The summed E-state index contributed by atoms with van der Waals surface area (Å²) in [4.78, 5) is 11.5. The molecule has 0 spiro atoms. The van der Waals surface area contributed by atoms with E-state index in [0.29, 0.717) is 23.9 Å². The molecule has 2 amide bonds. The fourth-order valence-electron chi connectivity index (χ4n) is 1.26. The Balaban J connectivity index is 2.26. The molecule has 0 saturated carbocycles. The maximum Gasteiger partial charge on any atom is 0.319 e. The van der Waals surface area contributed by atoms with E-state index in [0.717, 1.165) is 0 Å². The Bertz CT molecular complexity index is 407. The van der Waals surface area contributed by atoms with Gasteiger partial charge in [0.25, 0.3) is 0 Å². The zero-order valence-electron chi connectivity index (χ0n) is 10.9. The van der Waals surface area contributed by atoms with Crippen molar-refractivity contribution >= 4 is 31.6 Å². The van der Waals surface area contributed by atoms with Crippen LogP contribution in [0.5, 0.6) is 0 Å². The van der Waals surface area contributed by atoms with E-state index in [1.165, 1.54) is 0 Å². The molecule has 0 aliphatic heterocycles. The van der Waals surface area contributed by atoms with E-state index >= 15 is 0 Å². The first-order valence-electron chi connectivity index (χ1n) is 5.81. The molecule has 1 aromatic carbocycles. The lowest BCUT2D eigenvalue weighted by molar-refractivity contribution is 0.246. The maximum atomic E-state index is 11.5. The zero-order chi connectivity index (χ0) is 13.6. The molecule has 0 aromatic heterocycles. The van der Waals surface area contributed by atoms with E-state index in [1.807, 2.05) is 0 Å². The second-order valence-corrected chi connectivity index (χ2v) is 9.80. The standard InChI is InChI=1S/C12H19ClN2O2Si/c1-18(2,3)17-8-7-14-12(16)15-11-6-4-5-10(13)9-11/h4-6,9H,7-8H2,1-3H3,(H2,14,15,16). The van der Waals surface area contributed by atoms with Gasteiger partial charge in [-0.1, -0.05) is 17.7 Å². The molecule has 0 fully saturated rings. The summed E-state index contributed by atoms with van der Waals surface area (Å²) >= 11 is 5.82. The molecule has 0 aliphatic rings. The van der Waals surface area contributed by atoms with Crippen molar-refractivity contribution in [3.8, 4) is 0 Å². The molecule has 100 valence electrons. The van der Waals surface area contributed by atoms with E-state index in [2.05, 4.69) is 30.3 Å². The highest BCUT2D eigenvalue weighted by molar-refractivity contribution is 6.69. The number of rotatable bonds is 5. The SMILES string of the molecule is C[Si](C)(C)OCCNC(=O)Nc1cccc(Cl)c1. The number of carbonyl (C=O) groups excluding carboxylic acids is 1. The minimum atomic E-state index is -1.50. The Kier molecular flexibility index (Phi) is 5.65. The summed E-state index contributed by atoms with van der Waals surface area (Å²) in [5, 5.41) is 6.02. The van der Waals surface area contributed by atoms with Gasteiger partial charge in [-0.25, -0.2) is 4.79 Å². The second kappa shape index (κ2) is 6.77. The van der Waals surface area contributed by atoms with Gasteiger partial charge in [-0.3, -0.25) is 0 Å². The molecular weight excluding hydrogens is 268 g/mol. The van der Waals surface area contributed by atoms with Gasteiger partial charge < -0.3 is 15.1 Å². The molecular formula is C12H19ClN2O2Si. The fourth-order valence-corrected chi connectivity index (χ4v) is 2.17. The van der Waals surface area contributed by atoms with Crippen molar-refractivity contribution in [3.63, 3.8) is 0 Å². The van der Waals surface area contributed by atoms with Crippen molar-refractivity contribution in [2.75, 3.05) is 18.5 Å². The zero-order valence-corrected chi connectivity index (χ0v) is 12.7. The molecule has 0 bridgehead atoms. The van der Waals surface area contributed by atoms with Crippen LogP contribution in [0, 0.1) is 0 Å². The Hall–Kier alpha value is -1.04. The number of hydrogen-bond acceptors (Lipinski definition) is 2. The number of urea groups is 1. The molecule has 0 atom stereocenters. The van der Waals surface area contributed by atoms with Crippen LogP contribution in [0.3, 0.4) is 0 Å². The fraction of sp³-hybridized carbons (Fsp3) is 0.417. The molecule has 4 nitrogen and oxygen atoms in total. The van der Waals surface area contributed by atoms with Crippen LogP contribution in [-0.2, 0) is 4.43 Å². The van der Waals surface area contributed by atoms with Crippen LogP contribution >= 0.6 is 11.6 Å². The van der Waals surface area contributed by atoms with Crippen LogP contribution in [0.15, 0.2) is 24.3 Å². The normalized spacial score (nSPS) is 11.1. The largest absolute Gasteiger partial charge is 0.416 e. The monoisotopic (exact) mass is 286 g/mol. The third-order valence-electron chi connectivity index (χ3n) is 2.01. The number of hydrogen-bond donors (Lipinski definition) is 2. The average molecular weight is 287 g/mol. The lowest BCUT2D eigenvalue weighted by Gasteiger charge is -2.17. The molecule has 0 unspecified atom stereocenters. The minimum Gasteiger partial charge on any atom is -0.416 e. The summed E-state index contributed by atoms with van der Waals surface area (Å²) in [6.45, 7) is 7.37. The minimum absolute atomic E-state index is 0.253. The average Bonchev–Trinajstić information content (AvgIpc) is 2.23. The van der Waals surface area contributed by atoms with E-state index in [1.54, 1.807) is 24.3 Å². The molecule has 2 N–H and O–H groups in total. The first-order chi connectivity index (χ1) is 8.37. The number of anilines is 1. The number of halogens is 1. The number of amides is 2. The summed E-state index contributed by atoms with van der Waals surface area (Å²) < 4.78 is 5.62. The van der Waals surface area contributed by atoms with E-state index in [-0.39, 0.29) is 6.03 Å². The summed E-state index contributed by atoms with van der Waals surface area (Å²) in [5.41, 5.74) is 0.672. The van der Waals surface area contributed by atoms with Crippen LogP contribution in [0.4, 0.5) is 10.5 Å². The second-order valence-electron chi connectivity index (χ2n) is 4.85. The first-order valence-corrected chi connectivity index (χ1v) is 9.60. The Morgan fingerprint density at radius 3 is 2.72 bits per heavy atom. The summed E-state index contributed by atoms with van der Waals surface area (Å²) in [5.74, 6) is 0. The van der Waals surface area contributed by atoms with Gasteiger partial charge in [0.1, 0.15) is 0 Å². The molecule has 6 heteroatoms. The van der Waals surface area contributed by atoms with E-state index < -0.39 is 8.32 Å². The van der Waals surface area contributed by atoms with Crippen molar-refractivity contribution in [3.05, 3.63) is 29.3 Å². The Morgan fingerprint density at radius 2 is 2.11 bits per heavy atom. The highest BCUT2D eigenvalue weighted by Crippen LogP contribution is 2.14. The van der Waals surface area contributed by atoms with Gasteiger partial charge in [0.2, 0.25) is 0 Å². The number of carbonyl (C=O) groups is 1. The summed E-state index contributed by atoms with van der Waals surface area (Å²) in [7, 11) is -1.50. The van der Waals surface area contributed by atoms with Crippen molar-refractivity contribution in [1.82, 2.24) is 5.32 Å². The molecule has 1 aromatic rings. The van der Waals surface area contributed by atoms with Crippen molar-refractivity contribution in [2.45, 2.75) is 19.6 Å². The Morgan fingerprint density at radius 1 is 1.39 bits per heavy atom. The van der Waals surface area contributed by atoms with Gasteiger partial charge in [-0.05, 0) is 37.8 Å². The summed E-state index contributed by atoms with van der Waals surface area (Å²) in [6.07, 6.45) is 0. The molecule has 0 heterocycles. The number of nitrogens with one attached hydrogen (secondary N) is 2. The molecule has 18 heavy (non-hydrogen) atoms. The topological polar surface area (TPSA) is 50.4 Å². The molecule has 0 radical (unpaired) electrons. The molecule has 1 rings (SSSR count).